The van der Waals surface area contributed by atoms with Gasteiger partial charge in [-0.05, 0) is 57.1 Å². The second kappa shape index (κ2) is 8.94. The Labute approximate surface area is 184 Å². The van der Waals surface area contributed by atoms with Crippen LogP contribution in [0.3, 0.4) is 0 Å². The van der Waals surface area contributed by atoms with Gasteiger partial charge in [0.1, 0.15) is 0 Å². The van der Waals surface area contributed by atoms with Gasteiger partial charge in [-0.1, -0.05) is 30.3 Å². The minimum absolute atomic E-state index is 0.110. The second-order valence-electron chi connectivity index (χ2n) is 8.43. The molecule has 0 radical (unpaired) electrons. The summed E-state index contributed by atoms with van der Waals surface area (Å²) in [5, 5.41) is 7.69. The fourth-order valence-electron chi connectivity index (χ4n) is 4.26. The van der Waals surface area contributed by atoms with Crippen LogP contribution in [-0.2, 0) is 6.54 Å². The Morgan fingerprint density at radius 1 is 1.00 bits per heavy atom. The highest BCUT2D eigenvalue weighted by atomic mass is 16.1. The van der Waals surface area contributed by atoms with E-state index < -0.39 is 0 Å². The van der Waals surface area contributed by atoms with Crippen LogP contribution in [0.2, 0.25) is 0 Å². The molecular weight excluding hydrogens is 386 g/mol. The van der Waals surface area contributed by atoms with Gasteiger partial charge in [-0.15, -0.1) is 0 Å². The van der Waals surface area contributed by atoms with Crippen LogP contribution in [0.25, 0.3) is 0 Å². The number of piperazine rings is 1. The number of amides is 1. The van der Waals surface area contributed by atoms with Gasteiger partial charge in [0.15, 0.2) is 0 Å². The molecule has 31 heavy (non-hydrogen) atoms. The molecule has 1 amide bonds. The Hall–Kier alpha value is -3.12. The molecule has 2 aromatic carbocycles. The van der Waals surface area contributed by atoms with Crippen molar-refractivity contribution in [3.63, 3.8) is 0 Å². The number of carbonyl (C=O) groups is 1. The topological polar surface area (TPSA) is 53.4 Å². The fourth-order valence-corrected chi connectivity index (χ4v) is 4.26. The quantitative estimate of drug-likeness (QED) is 0.685. The number of nitrogens with zero attached hydrogens (tertiary/aromatic N) is 4. The zero-order valence-electron chi connectivity index (χ0n) is 18.9. The molecule has 0 atom stereocenters. The Morgan fingerprint density at radius 2 is 1.71 bits per heavy atom. The number of rotatable bonds is 5. The molecule has 6 heteroatoms. The molecule has 0 saturated carbocycles. The summed E-state index contributed by atoms with van der Waals surface area (Å²) in [5.74, 6) is -0.110. The Kier molecular flexibility index (Phi) is 6.09. The van der Waals surface area contributed by atoms with Crippen molar-refractivity contribution in [2.75, 3.05) is 43.4 Å². The normalized spacial score (nSPS) is 14.6. The maximum absolute atomic E-state index is 13.1. The second-order valence-corrected chi connectivity index (χ2v) is 8.43. The number of hydrogen-bond acceptors (Lipinski definition) is 4. The monoisotopic (exact) mass is 417 g/mol. The molecule has 0 unspecified atom stereocenters. The molecule has 1 N–H and O–H groups in total. The van der Waals surface area contributed by atoms with Crippen molar-refractivity contribution < 1.29 is 4.79 Å². The van der Waals surface area contributed by atoms with Crippen molar-refractivity contribution in [1.82, 2.24) is 14.7 Å². The van der Waals surface area contributed by atoms with Crippen LogP contribution in [0.15, 0.2) is 48.5 Å². The van der Waals surface area contributed by atoms with E-state index in [1.807, 2.05) is 42.8 Å². The van der Waals surface area contributed by atoms with Crippen LogP contribution in [0.4, 0.5) is 11.4 Å². The van der Waals surface area contributed by atoms with Crippen molar-refractivity contribution in [3.05, 3.63) is 76.6 Å². The predicted octanol–water partition coefficient (Wildman–Crippen LogP) is 3.86. The summed E-state index contributed by atoms with van der Waals surface area (Å²) in [6.45, 7) is 10.8. The molecule has 0 aliphatic carbocycles. The van der Waals surface area contributed by atoms with E-state index >= 15 is 0 Å². The number of likely N-dealkylation sites (N-methyl/N-ethyl adjacent to an activating group) is 1. The number of carbonyl (C=O) groups excluding carboxylic acids is 1. The lowest BCUT2D eigenvalue weighted by atomic mass is 10.1. The zero-order valence-corrected chi connectivity index (χ0v) is 18.9. The summed E-state index contributed by atoms with van der Waals surface area (Å²) < 4.78 is 1.90. The molecule has 1 aliphatic heterocycles. The Balaban J connectivity index is 1.49. The Morgan fingerprint density at radius 3 is 2.39 bits per heavy atom. The molecule has 6 nitrogen and oxygen atoms in total. The van der Waals surface area contributed by atoms with E-state index in [-0.39, 0.29) is 5.91 Å². The minimum Gasteiger partial charge on any atom is -0.369 e. The number of aryl methyl sites for hydroxylation is 2. The average molecular weight is 418 g/mol. The molecule has 1 aromatic heterocycles. The van der Waals surface area contributed by atoms with Crippen molar-refractivity contribution in [2.45, 2.75) is 27.3 Å². The van der Waals surface area contributed by atoms with E-state index in [9.17, 15) is 4.79 Å². The number of hydrogen-bond donors (Lipinski definition) is 1. The molecule has 1 fully saturated rings. The van der Waals surface area contributed by atoms with Crippen molar-refractivity contribution in [3.8, 4) is 0 Å². The van der Waals surface area contributed by atoms with Gasteiger partial charge in [0.2, 0.25) is 0 Å². The van der Waals surface area contributed by atoms with E-state index in [0.29, 0.717) is 12.1 Å². The van der Waals surface area contributed by atoms with Gasteiger partial charge < -0.3 is 15.1 Å². The first kappa shape index (κ1) is 21.1. The average Bonchev–Trinajstić information content (AvgIpc) is 3.02. The highest BCUT2D eigenvalue weighted by Gasteiger charge is 2.20. The molecule has 3 aromatic rings. The van der Waals surface area contributed by atoms with Crippen LogP contribution in [0.5, 0.6) is 0 Å². The molecule has 0 bridgehead atoms. The maximum atomic E-state index is 13.1. The molecule has 4 rings (SSSR count). The molecule has 162 valence electrons. The summed E-state index contributed by atoms with van der Waals surface area (Å²) in [4.78, 5) is 17.8. The van der Waals surface area contributed by atoms with Crippen LogP contribution in [0.1, 0.15) is 32.9 Å². The van der Waals surface area contributed by atoms with Crippen molar-refractivity contribution in [1.29, 1.82) is 0 Å². The van der Waals surface area contributed by atoms with E-state index in [1.165, 1.54) is 11.3 Å². The van der Waals surface area contributed by atoms with E-state index in [4.69, 9.17) is 0 Å². The van der Waals surface area contributed by atoms with Gasteiger partial charge >= 0.3 is 0 Å². The number of anilines is 2. The highest BCUT2D eigenvalue weighted by Crippen LogP contribution is 2.25. The third-order valence-corrected chi connectivity index (χ3v) is 6.08. The molecule has 2 heterocycles. The summed E-state index contributed by atoms with van der Waals surface area (Å²) >= 11 is 0. The smallest absolute Gasteiger partial charge is 0.259 e. The predicted molar refractivity (Wildman–Crippen MR) is 126 cm³/mol. The van der Waals surface area contributed by atoms with Gasteiger partial charge in [0, 0.05) is 43.2 Å². The minimum atomic E-state index is -0.110. The van der Waals surface area contributed by atoms with Gasteiger partial charge in [0.05, 0.1) is 17.8 Å². The van der Waals surface area contributed by atoms with Gasteiger partial charge in [-0.25, -0.2) is 0 Å². The van der Waals surface area contributed by atoms with E-state index in [1.54, 1.807) is 0 Å². The zero-order chi connectivity index (χ0) is 22.0. The van der Waals surface area contributed by atoms with Gasteiger partial charge in [-0.3, -0.25) is 9.48 Å². The van der Waals surface area contributed by atoms with Crippen molar-refractivity contribution >= 4 is 17.3 Å². The summed E-state index contributed by atoms with van der Waals surface area (Å²) in [7, 11) is 2.16. The third-order valence-electron chi connectivity index (χ3n) is 6.08. The van der Waals surface area contributed by atoms with Crippen molar-refractivity contribution in [2.24, 2.45) is 0 Å². The first-order valence-electron chi connectivity index (χ1n) is 10.9. The Bertz CT molecular complexity index is 1070. The molecule has 1 aliphatic rings. The lowest BCUT2D eigenvalue weighted by molar-refractivity contribution is 0.102. The van der Waals surface area contributed by atoms with Crippen LogP contribution < -0.4 is 10.2 Å². The maximum Gasteiger partial charge on any atom is 0.259 e. The summed E-state index contributed by atoms with van der Waals surface area (Å²) in [5.41, 5.74) is 6.67. The van der Waals surface area contributed by atoms with E-state index in [0.717, 1.165) is 48.8 Å². The van der Waals surface area contributed by atoms with Crippen LogP contribution >= 0.6 is 0 Å². The first-order valence-corrected chi connectivity index (χ1v) is 10.9. The largest absolute Gasteiger partial charge is 0.369 e. The summed E-state index contributed by atoms with van der Waals surface area (Å²) in [6.07, 6.45) is 0. The van der Waals surface area contributed by atoms with Gasteiger partial charge in [-0.2, -0.15) is 5.10 Å². The SMILES string of the molecule is Cc1cc(NC(=O)c2c(C)nn(Cc3ccccc3)c2C)ccc1N1CCN(C)CC1. The molecule has 1 saturated heterocycles. The van der Waals surface area contributed by atoms with Crippen LogP contribution in [-0.4, -0.2) is 53.8 Å². The summed E-state index contributed by atoms with van der Waals surface area (Å²) in [6, 6.07) is 16.4. The lowest BCUT2D eigenvalue weighted by Gasteiger charge is -2.35. The first-order chi connectivity index (χ1) is 14.9. The lowest BCUT2D eigenvalue weighted by Crippen LogP contribution is -2.44. The fraction of sp³-hybridized carbons (Fsp3) is 0.360. The highest BCUT2D eigenvalue weighted by molar-refractivity contribution is 6.06. The van der Waals surface area contributed by atoms with Gasteiger partial charge in [0.25, 0.3) is 5.91 Å². The van der Waals surface area contributed by atoms with Crippen LogP contribution in [0, 0.1) is 20.8 Å². The number of benzene rings is 2. The standard InChI is InChI=1S/C25H31N5O/c1-18-16-22(10-11-23(18)29-14-12-28(4)13-15-29)26-25(31)24-19(2)27-30(20(24)3)17-21-8-6-5-7-9-21/h5-11,16H,12-15,17H2,1-4H3,(H,26,31). The van der Waals surface area contributed by atoms with E-state index in [2.05, 4.69) is 58.5 Å². The molecule has 0 spiro atoms. The number of nitrogens with one attached hydrogen (secondary N) is 1. The molecular formula is C25H31N5O. The third kappa shape index (κ3) is 4.64. The number of aromatic nitrogens is 2.